The van der Waals surface area contributed by atoms with Crippen LogP contribution in [0.2, 0.25) is 0 Å². The van der Waals surface area contributed by atoms with Crippen LogP contribution in [0.1, 0.15) is 51.3 Å². The molecule has 2 atom stereocenters. The van der Waals surface area contributed by atoms with Gasteiger partial charge in [0, 0.05) is 25.6 Å². The fourth-order valence-electron chi connectivity index (χ4n) is 5.87. The topological polar surface area (TPSA) is 316 Å². The van der Waals surface area contributed by atoms with Gasteiger partial charge in [-0.05, 0) is 42.9 Å². The quantitative estimate of drug-likeness (QED) is 0.0305. The smallest absolute Gasteiger partial charge is 0.407 e. The molecule has 1 aromatic carbocycles. The van der Waals surface area contributed by atoms with E-state index in [9.17, 15) is 24.0 Å². The van der Waals surface area contributed by atoms with E-state index in [-0.39, 0.29) is 32.0 Å². The summed E-state index contributed by atoms with van der Waals surface area (Å²) in [5, 5.41) is 24.4. The van der Waals surface area contributed by atoms with Gasteiger partial charge in [-0.1, -0.05) is 38.1 Å². The zero-order valence-electron chi connectivity index (χ0n) is 42.1. The number of urea groups is 1. The Morgan fingerprint density at radius 3 is 1.69 bits per heavy atom. The second-order valence-corrected chi connectivity index (χ2v) is 15.8. The second kappa shape index (κ2) is 42.0. The van der Waals surface area contributed by atoms with E-state index >= 15 is 0 Å². The van der Waals surface area contributed by atoms with E-state index in [1.165, 1.54) is 0 Å². The summed E-state index contributed by atoms with van der Waals surface area (Å²) in [7, 11) is 0. The molecule has 0 aliphatic heterocycles. The van der Waals surface area contributed by atoms with Crippen LogP contribution in [0.4, 0.5) is 15.3 Å². The number of aromatic nitrogens is 3. The number of ether oxygens (including phenoxy) is 10. The molecule has 0 radical (unpaired) electrons. The predicted molar refractivity (Wildman–Crippen MR) is 261 cm³/mol. The van der Waals surface area contributed by atoms with Crippen LogP contribution in [0, 0.1) is 5.92 Å². The van der Waals surface area contributed by atoms with Crippen molar-refractivity contribution < 1.29 is 76.2 Å². The summed E-state index contributed by atoms with van der Waals surface area (Å²) < 4.78 is 56.3. The zero-order chi connectivity index (χ0) is 52.3. The van der Waals surface area contributed by atoms with Crippen molar-refractivity contribution >= 4 is 42.3 Å². The Hall–Kier alpha value is -5.58. The number of oxime groups is 1. The molecule has 1 aromatic heterocycles. The van der Waals surface area contributed by atoms with Crippen molar-refractivity contribution in [3.8, 4) is 0 Å². The summed E-state index contributed by atoms with van der Waals surface area (Å²) in [6.45, 7) is 17.8. The third kappa shape index (κ3) is 33.1. The Labute approximate surface area is 421 Å². The van der Waals surface area contributed by atoms with Crippen molar-refractivity contribution in [2.75, 3.05) is 137 Å². The van der Waals surface area contributed by atoms with Crippen LogP contribution in [0.3, 0.4) is 0 Å². The van der Waals surface area contributed by atoms with E-state index in [1.807, 2.05) is 0 Å². The van der Waals surface area contributed by atoms with Crippen molar-refractivity contribution in [2.24, 2.45) is 16.8 Å². The Bertz CT molecular complexity index is 1760. The van der Waals surface area contributed by atoms with E-state index in [2.05, 4.69) is 60.5 Å². The van der Waals surface area contributed by atoms with E-state index in [4.69, 9.17) is 53.1 Å². The first-order chi connectivity index (χ1) is 35.0. The SMILES string of the molecule is C=NOCC(=O)N[C@H](C(=O)N[C@@H](CCCNC(N)=O)C(=O)Nc1ccc(COC(=O)NCc2cn(CCOCCOCCOCCOCCOCCOCCOCCOCCOCCC)nn2)cc1)C(C)C. The number of alkyl carbamates (subject to hydrolysis) is 1. The van der Waals surface area contributed by atoms with Gasteiger partial charge in [0.05, 0.1) is 132 Å². The molecule has 0 unspecified atom stereocenters. The molecule has 0 fully saturated rings. The van der Waals surface area contributed by atoms with Gasteiger partial charge in [0.1, 0.15) is 24.4 Å². The first-order valence-corrected chi connectivity index (χ1v) is 24.1. The molecule has 0 bridgehead atoms. The number of anilines is 1. The summed E-state index contributed by atoms with van der Waals surface area (Å²) in [5.41, 5.74) is 6.72. The van der Waals surface area contributed by atoms with Crippen molar-refractivity contribution in [3.63, 3.8) is 0 Å². The van der Waals surface area contributed by atoms with Gasteiger partial charge in [-0.2, -0.15) is 0 Å². The molecule has 26 nitrogen and oxygen atoms in total. The molecule has 0 aliphatic carbocycles. The van der Waals surface area contributed by atoms with Gasteiger partial charge in [0.25, 0.3) is 5.91 Å². The van der Waals surface area contributed by atoms with E-state index in [0.29, 0.717) is 142 Å². The highest BCUT2D eigenvalue weighted by Gasteiger charge is 2.29. The van der Waals surface area contributed by atoms with Crippen LogP contribution >= 0.6 is 0 Å². The fraction of sp³-hybridized carbons (Fsp3) is 0.696. The van der Waals surface area contributed by atoms with Gasteiger partial charge >= 0.3 is 12.1 Å². The van der Waals surface area contributed by atoms with Gasteiger partial charge in [0.15, 0.2) is 6.61 Å². The van der Waals surface area contributed by atoms with Crippen molar-refractivity contribution in [1.82, 2.24) is 36.3 Å². The molecule has 72 heavy (non-hydrogen) atoms. The van der Waals surface area contributed by atoms with E-state index < -0.39 is 48.5 Å². The molecule has 0 spiro atoms. The number of hydrogen-bond donors (Lipinski definition) is 6. The molecule has 1 heterocycles. The zero-order valence-corrected chi connectivity index (χ0v) is 42.1. The average Bonchev–Trinajstić information content (AvgIpc) is 3.83. The summed E-state index contributed by atoms with van der Waals surface area (Å²) in [6.07, 6.45) is 2.47. The van der Waals surface area contributed by atoms with Gasteiger partial charge in [-0.25, -0.2) is 14.3 Å². The van der Waals surface area contributed by atoms with Crippen LogP contribution in [0.25, 0.3) is 0 Å². The largest absolute Gasteiger partial charge is 0.445 e. The minimum absolute atomic E-state index is 0.0572. The van der Waals surface area contributed by atoms with Gasteiger partial charge in [-0.15, -0.1) is 10.3 Å². The standard InChI is InChI=1S/C46H78N10O16/c1-5-14-62-16-18-64-20-22-66-24-26-68-28-30-70-31-29-69-27-25-67-23-21-65-19-17-63-15-13-56-33-39(54-55-56)32-50-46(61)71-34-37-8-10-38(11-9-37)51-43(58)40(7-6-12-49-45(47)60)52-44(59)42(36(2)3)53-41(57)35-72-48-4/h8-11,33,36,40,42H,4-7,12-32,34-35H2,1-3H3,(H,50,61)(H,51,58)(H,52,59)(H,53,57)(H3,47,49,60)/t40-,42-/m0/s1. The Kier molecular flexibility index (Phi) is 36.5. The summed E-state index contributed by atoms with van der Waals surface area (Å²) in [6, 6.07) is 3.80. The molecule has 2 rings (SSSR count). The normalized spacial score (nSPS) is 11.9. The number of rotatable bonds is 46. The minimum Gasteiger partial charge on any atom is -0.445 e. The number of nitrogens with two attached hydrogens (primary N) is 1. The van der Waals surface area contributed by atoms with E-state index in [0.717, 1.165) is 13.0 Å². The second-order valence-electron chi connectivity index (χ2n) is 15.8. The first-order valence-electron chi connectivity index (χ1n) is 24.1. The molecule has 6 amide bonds. The highest BCUT2D eigenvalue weighted by Crippen LogP contribution is 2.13. The van der Waals surface area contributed by atoms with Crippen LogP contribution in [-0.4, -0.2) is 196 Å². The van der Waals surface area contributed by atoms with Crippen LogP contribution < -0.4 is 32.3 Å². The maximum atomic E-state index is 13.4. The molecular formula is C46H78N10O16. The number of amides is 6. The molecule has 2 aromatic rings. The molecule has 0 saturated heterocycles. The maximum Gasteiger partial charge on any atom is 0.407 e. The first kappa shape index (κ1) is 62.5. The summed E-state index contributed by atoms with van der Waals surface area (Å²) >= 11 is 0. The van der Waals surface area contributed by atoms with Crippen LogP contribution in [-0.2, 0) is 86.3 Å². The van der Waals surface area contributed by atoms with Crippen LogP contribution in [0.5, 0.6) is 0 Å². The van der Waals surface area contributed by atoms with Crippen molar-refractivity contribution in [2.45, 2.75) is 71.8 Å². The number of nitrogens with one attached hydrogen (secondary N) is 5. The number of carbonyl (C=O) groups excluding carboxylic acids is 5. The van der Waals surface area contributed by atoms with Gasteiger partial charge in [-0.3, -0.25) is 14.4 Å². The monoisotopic (exact) mass is 1030 g/mol. The number of carbonyl (C=O) groups is 5. The average molecular weight is 1030 g/mol. The number of hydrogen-bond acceptors (Lipinski definition) is 19. The Morgan fingerprint density at radius 2 is 1.21 bits per heavy atom. The van der Waals surface area contributed by atoms with Crippen molar-refractivity contribution in [1.29, 1.82) is 0 Å². The lowest BCUT2D eigenvalue weighted by molar-refractivity contribution is -0.133. The molecule has 26 heteroatoms. The Balaban J connectivity index is 1.51. The number of benzene rings is 1. The lowest BCUT2D eigenvalue weighted by Crippen LogP contribution is -2.55. The molecular weight excluding hydrogens is 949 g/mol. The summed E-state index contributed by atoms with van der Waals surface area (Å²) in [5.74, 6) is -2.07. The highest BCUT2D eigenvalue weighted by atomic mass is 16.6. The van der Waals surface area contributed by atoms with Crippen molar-refractivity contribution in [3.05, 3.63) is 41.7 Å². The van der Waals surface area contributed by atoms with Gasteiger partial charge < -0.3 is 84.5 Å². The predicted octanol–water partition coefficient (Wildman–Crippen LogP) is 0.909. The maximum absolute atomic E-state index is 13.4. The molecule has 408 valence electrons. The summed E-state index contributed by atoms with van der Waals surface area (Å²) in [4.78, 5) is 67.0. The van der Waals surface area contributed by atoms with E-state index in [1.54, 1.807) is 49.0 Å². The third-order valence-electron chi connectivity index (χ3n) is 9.53. The lowest BCUT2D eigenvalue weighted by Gasteiger charge is -2.25. The highest BCUT2D eigenvalue weighted by molar-refractivity contribution is 5.98. The fourth-order valence-corrected chi connectivity index (χ4v) is 5.87. The molecule has 7 N–H and O–H groups in total. The third-order valence-corrected chi connectivity index (χ3v) is 9.53. The van der Waals surface area contributed by atoms with Gasteiger partial charge in [0.2, 0.25) is 11.8 Å². The molecule has 0 saturated carbocycles. The number of primary amides is 1. The van der Waals surface area contributed by atoms with Crippen LogP contribution in [0.15, 0.2) is 35.6 Å². The lowest BCUT2D eigenvalue weighted by atomic mass is 10.0. The Morgan fingerprint density at radius 1 is 0.694 bits per heavy atom. The number of nitrogens with zero attached hydrogens (tertiary/aromatic N) is 4. The molecule has 0 aliphatic rings. The minimum atomic E-state index is -1.04.